The number of hydrogen-bond donors (Lipinski definition) is 1. The summed E-state index contributed by atoms with van der Waals surface area (Å²) in [5.74, 6) is 0.314. The van der Waals surface area contributed by atoms with Crippen LogP contribution in [0.1, 0.15) is 37.3 Å². The maximum absolute atomic E-state index is 12.8. The summed E-state index contributed by atoms with van der Waals surface area (Å²) in [6, 6.07) is 4.81. The molecule has 1 saturated heterocycles. The van der Waals surface area contributed by atoms with Crippen molar-refractivity contribution in [2.75, 3.05) is 26.2 Å². The summed E-state index contributed by atoms with van der Waals surface area (Å²) in [5, 5.41) is 3.31. The van der Waals surface area contributed by atoms with Crippen molar-refractivity contribution in [3.05, 3.63) is 28.2 Å². The fraction of sp³-hybridized carbons (Fsp3) is 0.647. The van der Waals surface area contributed by atoms with Crippen molar-refractivity contribution in [2.45, 2.75) is 38.1 Å². The van der Waals surface area contributed by atoms with Gasteiger partial charge in [0.25, 0.3) is 0 Å². The van der Waals surface area contributed by atoms with Crippen molar-refractivity contribution in [3.8, 4) is 5.75 Å². The third-order valence-corrected chi connectivity index (χ3v) is 5.40. The molecule has 1 atom stereocenters. The minimum absolute atomic E-state index is 0.0237. The second-order valence-electron chi connectivity index (χ2n) is 6.51. The summed E-state index contributed by atoms with van der Waals surface area (Å²) in [4.78, 5) is 2.32. The fourth-order valence-corrected chi connectivity index (χ4v) is 4.33. The molecule has 0 spiro atoms. The van der Waals surface area contributed by atoms with Gasteiger partial charge in [-0.15, -0.1) is 13.2 Å². The van der Waals surface area contributed by atoms with Crippen LogP contribution >= 0.6 is 15.9 Å². The summed E-state index contributed by atoms with van der Waals surface area (Å²) in [6.45, 7) is 3.43. The van der Waals surface area contributed by atoms with Gasteiger partial charge in [0.1, 0.15) is 5.75 Å². The van der Waals surface area contributed by atoms with Crippen molar-refractivity contribution >= 4 is 15.9 Å². The standard InChI is InChI=1S/C17H22BrF3N2O/c18-13-5-6-15(24-17(19,20)21)14(11-13)16(12-3-1-2-4-12)23-9-7-22-8-10-23/h5-6,11-12,16,22H,1-4,7-10H2/t16-/m1/s1. The Morgan fingerprint density at radius 1 is 1.17 bits per heavy atom. The lowest BCUT2D eigenvalue weighted by Gasteiger charge is -2.39. The van der Waals surface area contributed by atoms with Gasteiger partial charge >= 0.3 is 6.36 Å². The Morgan fingerprint density at radius 3 is 2.46 bits per heavy atom. The van der Waals surface area contributed by atoms with E-state index < -0.39 is 6.36 Å². The van der Waals surface area contributed by atoms with Crippen LogP contribution < -0.4 is 10.1 Å². The van der Waals surface area contributed by atoms with Gasteiger partial charge in [-0.25, -0.2) is 0 Å². The van der Waals surface area contributed by atoms with Crippen molar-refractivity contribution < 1.29 is 17.9 Å². The number of piperazine rings is 1. The highest BCUT2D eigenvalue weighted by atomic mass is 79.9. The molecule has 0 bridgehead atoms. The Bertz CT molecular complexity index is 555. The normalized spacial score (nSPS) is 21.8. The summed E-state index contributed by atoms with van der Waals surface area (Å²) < 4.78 is 43.7. The van der Waals surface area contributed by atoms with E-state index in [0.717, 1.165) is 56.3 Å². The number of nitrogens with one attached hydrogen (secondary N) is 1. The molecule has 24 heavy (non-hydrogen) atoms. The van der Waals surface area contributed by atoms with Gasteiger partial charge in [0.15, 0.2) is 0 Å². The summed E-state index contributed by atoms with van der Waals surface area (Å²) >= 11 is 3.41. The zero-order valence-corrected chi connectivity index (χ0v) is 15.0. The SMILES string of the molecule is FC(F)(F)Oc1ccc(Br)cc1[C@@H](C1CCCC1)N1CCNCC1. The molecule has 3 nitrogen and oxygen atoms in total. The topological polar surface area (TPSA) is 24.5 Å². The fourth-order valence-electron chi connectivity index (χ4n) is 3.95. The number of halogens is 4. The third-order valence-electron chi connectivity index (χ3n) is 4.91. The van der Waals surface area contributed by atoms with E-state index in [1.807, 2.05) is 0 Å². The number of nitrogens with zero attached hydrogens (tertiary/aromatic N) is 1. The Labute approximate surface area is 148 Å². The first-order valence-electron chi connectivity index (χ1n) is 8.44. The zero-order chi connectivity index (χ0) is 17.2. The highest BCUT2D eigenvalue weighted by Gasteiger charge is 2.37. The van der Waals surface area contributed by atoms with Crippen LogP contribution in [0, 0.1) is 5.92 Å². The monoisotopic (exact) mass is 406 g/mol. The van der Waals surface area contributed by atoms with Crippen LogP contribution in [-0.4, -0.2) is 37.4 Å². The van der Waals surface area contributed by atoms with E-state index in [1.165, 1.54) is 6.07 Å². The molecule has 1 heterocycles. The van der Waals surface area contributed by atoms with Gasteiger partial charge in [-0.2, -0.15) is 0 Å². The Kier molecular flexibility index (Phi) is 5.72. The van der Waals surface area contributed by atoms with Gasteiger partial charge in [-0.1, -0.05) is 28.8 Å². The first-order chi connectivity index (χ1) is 11.4. The average molecular weight is 407 g/mol. The van der Waals surface area contributed by atoms with E-state index in [1.54, 1.807) is 12.1 Å². The Morgan fingerprint density at radius 2 is 1.83 bits per heavy atom. The van der Waals surface area contributed by atoms with E-state index in [-0.39, 0.29) is 11.8 Å². The zero-order valence-electron chi connectivity index (χ0n) is 13.4. The van der Waals surface area contributed by atoms with E-state index in [9.17, 15) is 13.2 Å². The first kappa shape index (κ1) is 18.0. The van der Waals surface area contributed by atoms with E-state index in [0.29, 0.717) is 11.5 Å². The van der Waals surface area contributed by atoms with Crippen LogP contribution in [0.4, 0.5) is 13.2 Å². The number of ether oxygens (including phenoxy) is 1. The number of alkyl halides is 3. The molecule has 2 fully saturated rings. The van der Waals surface area contributed by atoms with Crippen molar-refractivity contribution in [3.63, 3.8) is 0 Å². The molecule has 1 aliphatic carbocycles. The minimum Gasteiger partial charge on any atom is -0.405 e. The molecule has 1 N–H and O–H groups in total. The quantitative estimate of drug-likeness (QED) is 0.797. The van der Waals surface area contributed by atoms with Gasteiger partial charge in [-0.05, 0) is 37.0 Å². The molecule has 0 amide bonds. The molecule has 1 aromatic rings. The van der Waals surface area contributed by atoms with Crippen molar-refractivity contribution in [2.24, 2.45) is 5.92 Å². The summed E-state index contributed by atoms with van der Waals surface area (Å²) in [7, 11) is 0. The smallest absolute Gasteiger partial charge is 0.405 e. The molecule has 2 aliphatic rings. The predicted molar refractivity (Wildman–Crippen MR) is 90.0 cm³/mol. The average Bonchev–Trinajstić information content (AvgIpc) is 3.04. The molecule has 134 valence electrons. The number of rotatable bonds is 4. The summed E-state index contributed by atoms with van der Waals surface area (Å²) in [5.41, 5.74) is 0.649. The summed E-state index contributed by atoms with van der Waals surface area (Å²) in [6.07, 6.45) is -0.251. The molecule has 7 heteroatoms. The van der Waals surface area contributed by atoms with Crippen LogP contribution in [0.2, 0.25) is 0 Å². The molecule has 1 aliphatic heterocycles. The maximum atomic E-state index is 12.8. The molecule has 1 saturated carbocycles. The lowest BCUT2D eigenvalue weighted by atomic mass is 9.89. The van der Waals surface area contributed by atoms with E-state index in [2.05, 4.69) is 30.9 Å². The molecular weight excluding hydrogens is 385 g/mol. The highest BCUT2D eigenvalue weighted by molar-refractivity contribution is 9.10. The number of hydrogen-bond acceptors (Lipinski definition) is 3. The molecule has 1 aromatic carbocycles. The van der Waals surface area contributed by atoms with Gasteiger partial charge in [0.05, 0.1) is 0 Å². The maximum Gasteiger partial charge on any atom is 0.573 e. The van der Waals surface area contributed by atoms with Crippen LogP contribution in [0.15, 0.2) is 22.7 Å². The largest absolute Gasteiger partial charge is 0.573 e. The molecule has 0 aromatic heterocycles. The second-order valence-corrected chi connectivity index (χ2v) is 7.42. The minimum atomic E-state index is -4.67. The van der Waals surface area contributed by atoms with Gasteiger partial charge in [-0.3, -0.25) is 4.90 Å². The lowest BCUT2D eigenvalue weighted by Crippen LogP contribution is -2.46. The molecule has 0 unspecified atom stereocenters. The lowest BCUT2D eigenvalue weighted by molar-refractivity contribution is -0.275. The third kappa shape index (κ3) is 4.43. The van der Waals surface area contributed by atoms with Crippen molar-refractivity contribution in [1.82, 2.24) is 10.2 Å². The number of benzene rings is 1. The van der Waals surface area contributed by atoms with Crippen LogP contribution in [-0.2, 0) is 0 Å². The van der Waals surface area contributed by atoms with Gasteiger partial charge in [0, 0.05) is 42.3 Å². The van der Waals surface area contributed by atoms with Crippen LogP contribution in [0.5, 0.6) is 5.75 Å². The second kappa shape index (κ2) is 7.62. The molecule has 0 radical (unpaired) electrons. The molecule has 3 rings (SSSR count). The van der Waals surface area contributed by atoms with Crippen LogP contribution in [0.25, 0.3) is 0 Å². The Balaban J connectivity index is 1.97. The van der Waals surface area contributed by atoms with E-state index >= 15 is 0 Å². The first-order valence-corrected chi connectivity index (χ1v) is 9.23. The highest BCUT2D eigenvalue weighted by Crippen LogP contribution is 2.44. The van der Waals surface area contributed by atoms with E-state index in [4.69, 9.17) is 0 Å². The van der Waals surface area contributed by atoms with Crippen LogP contribution in [0.3, 0.4) is 0 Å². The van der Waals surface area contributed by atoms with Crippen molar-refractivity contribution in [1.29, 1.82) is 0 Å². The predicted octanol–water partition coefficient (Wildman–Crippen LogP) is 4.48. The van der Waals surface area contributed by atoms with Gasteiger partial charge in [0.2, 0.25) is 0 Å². The van der Waals surface area contributed by atoms with Gasteiger partial charge < -0.3 is 10.1 Å². The molecular formula is C17H22BrF3N2O. The Hall–Kier alpha value is -0.790.